The van der Waals surface area contributed by atoms with Crippen molar-refractivity contribution in [3.8, 4) is 0 Å². The van der Waals surface area contributed by atoms with Crippen molar-refractivity contribution in [1.29, 1.82) is 0 Å². The molecule has 0 saturated carbocycles. The van der Waals surface area contributed by atoms with Gasteiger partial charge in [0.25, 0.3) is 0 Å². The minimum Gasteiger partial charge on any atom is -1.00 e. The van der Waals surface area contributed by atoms with Gasteiger partial charge >= 0.3 is 143 Å². The van der Waals surface area contributed by atoms with Gasteiger partial charge in [-0.2, -0.15) is 0 Å². The van der Waals surface area contributed by atoms with E-state index in [9.17, 15) is 0 Å². The summed E-state index contributed by atoms with van der Waals surface area (Å²) in [6.07, 6.45) is 10.6. The fourth-order valence-corrected chi connectivity index (χ4v) is 9.13. The molecule has 0 spiro atoms. The van der Waals surface area contributed by atoms with E-state index in [-0.39, 0.29) is 24.8 Å². The second kappa shape index (κ2) is 11.9. The van der Waals surface area contributed by atoms with E-state index in [1.165, 1.54) is 12.8 Å². The normalized spacial score (nSPS) is 19.3. The number of rotatable bonds is 2. The van der Waals surface area contributed by atoms with Crippen molar-refractivity contribution in [2.45, 2.75) is 93.2 Å². The zero-order valence-electron chi connectivity index (χ0n) is 19.4. The van der Waals surface area contributed by atoms with Crippen LogP contribution in [-0.2, 0) is 23.2 Å². The molecule has 0 aromatic carbocycles. The van der Waals surface area contributed by atoms with Crippen molar-refractivity contribution >= 4 is 9.52 Å². The molecule has 3 aliphatic rings. The molecule has 1 aliphatic heterocycles. The summed E-state index contributed by atoms with van der Waals surface area (Å²) in [5, 5.41) is 0. The average Bonchev–Trinajstić information content (AvgIpc) is 3.22. The van der Waals surface area contributed by atoms with Crippen molar-refractivity contribution in [2.75, 3.05) is 0 Å². The third-order valence-corrected chi connectivity index (χ3v) is 12.2. The van der Waals surface area contributed by atoms with E-state index in [4.69, 9.17) is 0 Å². The zero-order valence-corrected chi connectivity index (χ0v) is 24.7. The Hall–Kier alpha value is 0.640. The van der Waals surface area contributed by atoms with E-state index in [2.05, 4.69) is 67.5 Å². The van der Waals surface area contributed by atoms with Crippen molar-refractivity contribution in [2.24, 2.45) is 10.8 Å². The van der Waals surface area contributed by atoms with Crippen LogP contribution in [0.15, 0.2) is 41.0 Å². The predicted octanol–water partition coefficient (Wildman–Crippen LogP) is 1.16. The molecular formula is C24H40Cl2SiZr. The minimum atomic E-state index is -0.574. The molecule has 28 heavy (non-hydrogen) atoms. The first kappa shape index (κ1) is 28.6. The summed E-state index contributed by atoms with van der Waals surface area (Å²) in [5.74, 6) is 0. The fraction of sp³-hybridized carbons (Fsp3) is 0.667. The van der Waals surface area contributed by atoms with Gasteiger partial charge in [-0.25, -0.2) is 0 Å². The molecule has 4 heteroatoms. The maximum Gasteiger partial charge on any atom is -1.00 e. The summed E-state index contributed by atoms with van der Waals surface area (Å²) in [6, 6.07) is 3.28. The van der Waals surface area contributed by atoms with E-state index in [0.717, 1.165) is 0 Å². The number of hydrogen-bond donors (Lipinski definition) is 0. The molecule has 0 aromatic heterocycles. The van der Waals surface area contributed by atoms with Gasteiger partial charge < -0.3 is 24.8 Å². The molecule has 3 rings (SSSR count). The van der Waals surface area contributed by atoms with Gasteiger partial charge in [0.05, 0.1) is 0 Å². The standard InChI is InChI=1S/2C10H15.C4H10Si.2ClH.Zr/c2*1-8-5-6-9(7-8)10(2,3)4;1-2-4-5-3-1;;;/h2*7H,6H2,1-4H3;1-5H2;2*1H;/q;;;;;+2/p-2. The summed E-state index contributed by atoms with van der Waals surface area (Å²) in [4.78, 5) is 0. The van der Waals surface area contributed by atoms with Gasteiger partial charge in [0.2, 0.25) is 0 Å². The van der Waals surface area contributed by atoms with E-state index < -0.39 is 23.2 Å². The zero-order chi connectivity index (χ0) is 19.5. The Balaban J connectivity index is 0.000000907. The molecule has 0 unspecified atom stereocenters. The second-order valence-corrected chi connectivity index (χ2v) is 16.1. The Bertz CT molecular complexity index is 591. The van der Waals surface area contributed by atoms with Crippen LogP contribution in [0.3, 0.4) is 0 Å². The molecule has 2 aliphatic carbocycles. The third-order valence-electron chi connectivity index (χ3n) is 5.95. The van der Waals surface area contributed by atoms with Crippen molar-refractivity contribution < 1.29 is 48.0 Å². The molecule has 0 nitrogen and oxygen atoms in total. The topological polar surface area (TPSA) is 0 Å². The molecule has 0 N–H and O–H groups in total. The SMILES string of the molecule is C1CC[SiH2]C1.CC1=[C]([Zr+2][C]2=C(C)C=C(C(C)(C)C)C2)CC(C(C)(C)C)=C1.[Cl-].[Cl-]. The van der Waals surface area contributed by atoms with Gasteiger partial charge in [-0.15, -0.1) is 0 Å². The van der Waals surface area contributed by atoms with E-state index in [1.54, 1.807) is 53.8 Å². The third kappa shape index (κ3) is 8.41. The van der Waals surface area contributed by atoms with Crippen molar-refractivity contribution in [3.63, 3.8) is 0 Å². The van der Waals surface area contributed by atoms with Gasteiger partial charge in [0, 0.05) is 9.52 Å². The summed E-state index contributed by atoms with van der Waals surface area (Å²) in [7, 11) is 0.543. The van der Waals surface area contributed by atoms with Crippen LogP contribution < -0.4 is 24.8 Å². The summed E-state index contributed by atoms with van der Waals surface area (Å²) < 4.78 is 3.61. The van der Waals surface area contributed by atoms with E-state index in [1.807, 2.05) is 0 Å². The van der Waals surface area contributed by atoms with Crippen LogP contribution in [0, 0.1) is 10.8 Å². The Morgan fingerprint density at radius 2 is 1.07 bits per heavy atom. The van der Waals surface area contributed by atoms with Crippen LogP contribution in [0.5, 0.6) is 0 Å². The molecule has 1 heterocycles. The van der Waals surface area contributed by atoms with Crippen molar-refractivity contribution in [3.05, 3.63) is 41.0 Å². The van der Waals surface area contributed by atoms with Crippen LogP contribution >= 0.6 is 0 Å². The summed E-state index contributed by atoms with van der Waals surface area (Å²) in [6.45, 7) is 18.7. The molecule has 0 amide bonds. The number of hydrogen-bond acceptors (Lipinski definition) is 0. The number of halogens is 2. The second-order valence-electron chi connectivity index (χ2n) is 10.4. The predicted molar refractivity (Wildman–Crippen MR) is 117 cm³/mol. The molecule has 158 valence electrons. The van der Waals surface area contributed by atoms with Crippen LogP contribution in [-0.4, -0.2) is 9.52 Å². The van der Waals surface area contributed by atoms with Gasteiger partial charge in [-0.05, 0) is 0 Å². The van der Waals surface area contributed by atoms with Gasteiger partial charge in [-0.3, -0.25) is 0 Å². The van der Waals surface area contributed by atoms with E-state index in [0.29, 0.717) is 20.3 Å². The van der Waals surface area contributed by atoms with Gasteiger partial charge in [-0.1, -0.05) is 24.9 Å². The summed E-state index contributed by atoms with van der Waals surface area (Å²) >= 11 is -0.574. The molecular weight excluding hydrogens is 478 g/mol. The first-order valence-electron chi connectivity index (χ1n) is 10.6. The smallest absolute Gasteiger partial charge is 1.00 e. The van der Waals surface area contributed by atoms with Crippen LogP contribution in [0.25, 0.3) is 0 Å². The first-order valence-corrected chi connectivity index (χ1v) is 15.0. The first-order chi connectivity index (χ1) is 12.0. The van der Waals surface area contributed by atoms with Crippen LogP contribution in [0.1, 0.15) is 81.1 Å². The molecule has 1 saturated heterocycles. The van der Waals surface area contributed by atoms with Crippen molar-refractivity contribution in [1.82, 2.24) is 0 Å². The molecule has 0 radical (unpaired) electrons. The fourth-order valence-electron chi connectivity index (χ4n) is 3.77. The van der Waals surface area contributed by atoms with Gasteiger partial charge in [0.1, 0.15) is 0 Å². The maximum absolute atomic E-state index is 2.47. The summed E-state index contributed by atoms with van der Waals surface area (Å²) in [5.41, 5.74) is 7.09. The Kier molecular flexibility index (Phi) is 12.1. The average molecular weight is 519 g/mol. The van der Waals surface area contributed by atoms with Crippen LogP contribution in [0.2, 0.25) is 12.1 Å². The molecule has 0 aromatic rings. The minimum absolute atomic E-state index is 0. The monoisotopic (exact) mass is 516 g/mol. The van der Waals surface area contributed by atoms with Gasteiger partial charge in [0.15, 0.2) is 0 Å². The Labute approximate surface area is 201 Å². The maximum atomic E-state index is 2.47. The quantitative estimate of drug-likeness (QED) is 0.482. The van der Waals surface area contributed by atoms with E-state index >= 15 is 0 Å². The Morgan fingerprint density at radius 1 is 0.714 bits per heavy atom. The molecule has 0 bridgehead atoms. The van der Waals surface area contributed by atoms with Crippen LogP contribution in [0.4, 0.5) is 0 Å². The molecule has 1 fully saturated rings. The largest absolute Gasteiger partial charge is 1.00 e. The number of allylic oxidation sites excluding steroid dienone is 8. The molecule has 0 atom stereocenters. The Morgan fingerprint density at radius 3 is 1.29 bits per heavy atom.